The van der Waals surface area contributed by atoms with Crippen molar-refractivity contribution in [3.63, 3.8) is 0 Å². The van der Waals surface area contributed by atoms with Gasteiger partial charge in [0, 0.05) is 12.4 Å². The van der Waals surface area contributed by atoms with Crippen LogP contribution in [0.3, 0.4) is 0 Å². The number of halogens is 1. The maximum Gasteiger partial charge on any atom is 0.153 e. The highest BCUT2D eigenvalue weighted by Gasteiger charge is 2.06. The highest BCUT2D eigenvalue weighted by Crippen LogP contribution is 2.17. The van der Waals surface area contributed by atoms with E-state index in [0.717, 1.165) is 0 Å². The standard InChI is InChI=1S/C12H12FN5/c1-7-6-8(2-3-9(7)13)18-12(15)10-11(14)17-5-4-16-10/h2-6H,1H3,(H2,14,17)(H2,15,18). The lowest BCUT2D eigenvalue weighted by Gasteiger charge is -2.03. The quantitative estimate of drug-likeness (QED) is 0.620. The molecule has 1 aromatic carbocycles. The molecule has 0 bridgehead atoms. The Morgan fingerprint density at radius 3 is 2.67 bits per heavy atom. The molecule has 0 radical (unpaired) electrons. The Labute approximate surface area is 103 Å². The van der Waals surface area contributed by atoms with E-state index in [9.17, 15) is 4.39 Å². The summed E-state index contributed by atoms with van der Waals surface area (Å²) in [6.45, 7) is 1.65. The number of aryl methyl sites for hydroxylation is 1. The Bertz CT molecular complexity index is 609. The summed E-state index contributed by atoms with van der Waals surface area (Å²) >= 11 is 0. The van der Waals surface area contributed by atoms with Crippen LogP contribution in [0.5, 0.6) is 0 Å². The first kappa shape index (κ1) is 12.0. The van der Waals surface area contributed by atoms with Crippen molar-refractivity contribution in [2.24, 2.45) is 10.7 Å². The molecule has 0 saturated carbocycles. The number of amidine groups is 1. The summed E-state index contributed by atoms with van der Waals surface area (Å²) in [5, 5.41) is 0. The Hall–Kier alpha value is -2.50. The van der Waals surface area contributed by atoms with Crippen LogP contribution in [-0.4, -0.2) is 15.8 Å². The first-order chi connectivity index (χ1) is 8.58. The molecule has 0 fully saturated rings. The third-order valence-corrected chi connectivity index (χ3v) is 2.36. The van der Waals surface area contributed by atoms with Gasteiger partial charge < -0.3 is 11.5 Å². The van der Waals surface area contributed by atoms with Gasteiger partial charge in [-0.1, -0.05) is 0 Å². The molecule has 1 aromatic heterocycles. The zero-order chi connectivity index (χ0) is 13.1. The number of nitrogen functional groups attached to an aromatic ring is 1. The van der Waals surface area contributed by atoms with Gasteiger partial charge in [0.1, 0.15) is 11.5 Å². The molecule has 0 aliphatic heterocycles. The molecule has 0 atom stereocenters. The zero-order valence-corrected chi connectivity index (χ0v) is 9.76. The third kappa shape index (κ3) is 2.42. The van der Waals surface area contributed by atoms with E-state index >= 15 is 0 Å². The van der Waals surface area contributed by atoms with Crippen molar-refractivity contribution in [1.29, 1.82) is 0 Å². The van der Waals surface area contributed by atoms with Gasteiger partial charge in [0.2, 0.25) is 0 Å². The minimum atomic E-state index is -0.286. The fraction of sp³-hybridized carbons (Fsp3) is 0.0833. The molecule has 2 rings (SSSR count). The second-order valence-electron chi connectivity index (χ2n) is 3.72. The summed E-state index contributed by atoms with van der Waals surface area (Å²) in [6.07, 6.45) is 2.94. The molecule has 0 amide bonds. The molecule has 92 valence electrons. The summed E-state index contributed by atoms with van der Waals surface area (Å²) in [6, 6.07) is 4.46. The number of anilines is 1. The van der Waals surface area contributed by atoms with E-state index in [0.29, 0.717) is 16.9 Å². The fourth-order valence-corrected chi connectivity index (χ4v) is 1.44. The van der Waals surface area contributed by atoms with Crippen LogP contribution in [-0.2, 0) is 0 Å². The minimum absolute atomic E-state index is 0.145. The Balaban J connectivity index is 2.39. The number of aliphatic imine (C=N–C) groups is 1. The van der Waals surface area contributed by atoms with Crippen LogP contribution in [0.2, 0.25) is 0 Å². The second kappa shape index (κ2) is 4.79. The highest BCUT2D eigenvalue weighted by atomic mass is 19.1. The third-order valence-electron chi connectivity index (χ3n) is 2.36. The fourth-order valence-electron chi connectivity index (χ4n) is 1.44. The van der Waals surface area contributed by atoms with Crippen molar-refractivity contribution in [3.8, 4) is 0 Å². The Morgan fingerprint density at radius 2 is 2.00 bits per heavy atom. The van der Waals surface area contributed by atoms with E-state index in [1.54, 1.807) is 13.0 Å². The predicted molar refractivity (Wildman–Crippen MR) is 68.0 cm³/mol. The summed E-state index contributed by atoms with van der Waals surface area (Å²) in [4.78, 5) is 12.0. The number of aromatic nitrogens is 2. The molecular weight excluding hydrogens is 233 g/mol. The number of hydrogen-bond donors (Lipinski definition) is 2. The minimum Gasteiger partial charge on any atom is -0.382 e. The van der Waals surface area contributed by atoms with E-state index in [4.69, 9.17) is 11.5 Å². The summed E-state index contributed by atoms with van der Waals surface area (Å²) < 4.78 is 13.1. The largest absolute Gasteiger partial charge is 0.382 e. The van der Waals surface area contributed by atoms with Gasteiger partial charge in [0.15, 0.2) is 11.7 Å². The molecule has 1 heterocycles. The van der Waals surface area contributed by atoms with Gasteiger partial charge in [-0.15, -0.1) is 0 Å². The van der Waals surface area contributed by atoms with Crippen molar-refractivity contribution in [1.82, 2.24) is 9.97 Å². The van der Waals surface area contributed by atoms with Crippen LogP contribution < -0.4 is 11.5 Å². The van der Waals surface area contributed by atoms with Crippen LogP contribution in [0, 0.1) is 12.7 Å². The topological polar surface area (TPSA) is 90.2 Å². The maximum atomic E-state index is 13.1. The summed E-state index contributed by atoms with van der Waals surface area (Å²) in [7, 11) is 0. The molecule has 0 spiro atoms. The lowest BCUT2D eigenvalue weighted by atomic mass is 10.2. The molecule has 0 aliphatic carbocycles. The average Bonchev–Trinajstić information content (AvgIpc) is 2.34. The molecular formula is C12H12FN5. The van der Waals surface area contributed by atoms with Crippen molar-refractivity contribution >= 4 is 17.3 Å². The van der Waals surface area contributed by atoms with Gasteiger partial charge in [-0.3, -0.25) is 0 Å². The highest BCUT2D eigenvalue weighted by molar-refractivity contribution is 6.00. The molecule has 0 aliphatic rings. The lowest BCUT2D eigenvalue weighted by Crippen LogP contribution is -2.17. The number of nitrogens with two attached hydrogens (primary N) is 2. The first-order valence-corrected chi connectivity index (χ1v) is 5.25. The molecule has 5 nitrogen and oxygen atoms in total. The number of benzene rings is 1. The van der Waals surface area contributed by atoms with Crippen molar-refractivity contribution in [2.75, 3.05) is 5.73 Å². The van der Waals surface area contributed by atoms with Gasteiger partial charge in [-0.25, -0.2) is 19.4 Å². The van der Waals surface area contributed by atoms with Crippen LogP contribution in [0.15, 0.2) is 35.6 Å². The summed E-state index contributed by atoms with van der Waals surface area (Å²) in [5.74, 6) is 0.0655. The maximum absolute atomic E-state index is 13.1. The Kier molecular flexibility index (Phi) is 3.18. The van der Waals surface area contributed by atoms with Crippen LogP contribution in [0.1, 0.15) is 11.3 Å². The van der Waals surface area contributed by atoms with Crippen LogP contribution in [0.25, 0.3) is 0 Å². The zero-order valence-electron chi connectivity index (χ0n) is 9.76. The normalized spacial score (nSPS) is 11.6. The smallest absolute Gasteiger partial charge is 0.153 e. The van der Waals surface area contributed by atoms with Crippen molar-refractivity contribution in [2.45, 2.75) is 6.92 Å². The average molecular weight is 245 g/mol. The monoisotopic (exact) mass is 245 g/mol. The lowest BCUT2D eigenvalue weighted by molar-refractivity contribution is 0.618. The van der Waals surface area contributed by atoms with Crippen LogP contribution >= 0.6 is 0 Å². The molecule has 18 heavy (non-hydrogen) atoms. The predicted octanol–water partition coefficient (Wildman–Crippen LogP) is 1.54. The number of nitrogens with zero attached hydrogens (tertiary/aromatic N) is 3. The molecule has 2 aromatic rings. The summed E-state index contributed by atoms with van der Waals surface area (Å²) in [5.41, 5.74) is 12.8. The molecule has 0 unspecified atom stereocenters. The van der Waals surface area contributed by atoms with E-state index in [2.05, 4.69) is 15.0 Å². The van der Waals surface area contributed by atoms with Crippen molar-refractivity contribution < 1.29 is 4.39 Å². The van der Waals surface area contributed by atoms with E-state index in [-0.39, 0.29) is 17.5 Å². The second-order valence-corrected chi connectivity index (χ2v) is 3.72. The van der Waals surface area contributed by atoms with Crippen LogP contribution in [0.4, 0.5) is 15.9 Å². The molecule has 0 saturated heterocycles. The Morgan fingerprint density at radius 1 is 1.28 bits per heavy atom. The van der Waals surface area contributed by atoms with Gasteiger partial charge >= 0.3 is 0 Å². The number of rotatable bonds is 2. The SMILES string of the molecule is Cc1cc(N=C(N)c2nccnc2N)ccc1F. The van der Waals surface area contributed by atoms with Crippen molar-refractivity contribution in [3.05, 3.63) is 47.7 Å². The molecule has 4 N–H and O–H groups in total. The van der Waals surface area contributed by atoms with Gasteiger partial charge in [0.05, 0.1) is 5.69 Å². The first-order valence-electron chi connectivity index (χ1n) is 5.25. The van der Waals surface area contributed by atoms with Gasteiger partial charge in [0.25, 0.3) is 0 Å². The van der Waals surface area contributed by atoms with Gasteiger partial charge in [-0.2, -0.15) is 0 Å². The number of hydrogen-bond acceptors (Lipinski definition) is 4. The molecule has 6 heteroatoms. The van der Waals surface area contributed by atoms with E-state index in [1.807, 2.05) is 0 Å². The van der Waals surface area contributed by atoms with E-state index in [1.165, 1.54) is 24.5 Å². The van der Waals surface area contributed by atoms with Gasteiger partial charge in [-0.05, 0) is 30.7 Å². The van der Waals surface area contributed by atoms with E-state index < -0.39 is 0 Å².